The van der Waals surface area contributed by atoms with E-state index in [0.717, 1.165) is 17.1 Å². The topological polar surface area (TPSA) is 3.24 Å². The highest BCUT2D eigenvalue weighted by molar-refractivity contribution is 5.91. The molecule has 0 saturated carbocycles. The molecule has 308 valence electrons. The quantitative estimate of drug-likeness (QED) is 0.147. The Morgan fingerprint density at radius 1 is 0.277 bits per heavy atom. The first-order valence-corrected chi connectivity index (χ1v) is 22.8. The van der Waals surface area contributed by atoms with Gasteiger partial charge in [-0.15, -0.1) is 0 Å². The van der Waals surface area contributed by atoms with Gasteiger partial charge in [-0.1, -0.05) is 220 Å². The van der Waals surface area contributed by atoms with Gasteiger partial charge in [0.2, 0.25) is 0 Å². The molecule has 0 unspecified atom stereocenters. The molecule has 0 bridgehead atoms. The van der Waals surface area contributed by atoms with Gasteiger partial charge in [0.25, 0.3) is 0 Å². The van der Waals surface area contributed by atoms with Gasteiger partial charge in [-0.05, 0) is 126 Å². The smallest absolute Gasteiger partial charge is 0.0713 e. The van der Waals surface area contributed by atoms with Crippen molar-refractivity contribution >= 4 is 17.1 Å². The maximum absolute atomic E-state index is 2.45. The van der Waals surface area contributed by atoms with Crippen LogP contribution in [0.2, 0.25) is 0 Å². The van der Waals surface area contributed by atoms with E-state index in [0.29, 0.717) is 0 Å². The molecule has 0 heterocycles. The number of nitrogens with zero attached hydrogens (tertiary/aromatic N) is 1. The van der Waals surface area contributed by atoms with Gasteiger partial charge in [0.15, 0.2) is 0 Å². The third kappa shape index (κ3) is 6.15. The first-order chi connectivity index (χ1) is 32.0. The van der Waals surface area contributed by atoms with Gasteiger partial charge in [0.05, 0.1) is 11.1 Å². The maximum Gasteiger partial charge on any atom is 0.0713 e. The molecule has 10 aromatic carbocycles. The molecule has 0 radical (unpaired) electrons. The molecule has 10 aromatic rings. The Labute approximate surface area is 382 Å². The number of rotatable bonds is 8. The Morgan fingerprint density at radius 3 is 1.25 bits per heavy atom. The van der Waals surface area contributed by atoms with Crippen LogP contribution in [0.1, 0.15) is 47.2 Å². The molecule has 2 aliphatic carbocycles. The van der Waals surface area contributed by atoms with E-state index in [2.05, 4.69) is 267 Å². The average Bonchev–Trinajstić information content (AvgIpc) is 3.80. The van der Waals surface area contributed by atoms with Crippen molar-refractivity contribution in [3.05, 3.63) is 282 Å². The number of hydrogen-bond donors (Lipinski definition) is 0. The van der Waals surface area contributed by atoms with E-state index in [9.17, 15) is 0 Å². The fourth-order valence-electron chi connectivity index (χ4n) is 11.1. The summed E-state index contributed by atoms with van der Waals surface area (Å²) in [6, 6.07) is 91.8. The summed E-state index contributed by atoms with van der Waals surface area (Å²) in [6.45, 7) is 4.70. The van der Waals surface area contributed by atoms with Crippen LogP contribution in [0, 0.1) is 0 Å². The van der Waals surface area contributed by atoms with Crippen LogP contribution in [-0.2, 0) is 10.8 Å². The van der Waals surface area contributed by atoms with Crippen LogP contribution in [-0.4, -0.2) is 0 Å². The van der Waals surface area contributed by atoms with Crippen LogP contribution < -0.4 is 4.90 Å². The molecule has 65 heavy (non-hydrogen) atoms. The SMILES string of the molecule is CC1(C)c2ccccc2-c2ccc(-c3ccc(N(c4ccc(-c5ccc6c(c5)C(c5ccccc5)(c5ccccc5)c5ccccc5-6)cc4)c4ccccc4-c4ccccc4)cc3)cc21. The minimum atomic E-state index is -0.449. The highest BCUT2D eigenvalue weighted by Crippen LogP contribution is 2.57. The Balaban J connectivity index is 0.956. The number of fused-ring (bicyclic) bond motifs is 6. The third-order valence-corrected chi connectivity index (χ3v) is 14.2. The summed E-state index contributed by atoms with van der Waals surface area (Å²) < 4.78 is 0. The van der Waals surface area contributed by atoms with E-state index in [1.54, 1.807) is 0 Å². The van der Waals surface area contributed by atoms with E-state index in [4.69, 9.17) is 0 Å². The predicted octanol–water partition coefficient (Wildman–Crippen LogP) is 16.8. The van der Waals surface area contributed by atoms with Crippen molar-refractivity contribution in [2.24, 2.45) is 0 Å². The Bertz CT molecular complexity index is 3320. The molecule has 0 amide bonds. The minimum absolute atomic E-state index is 0.0519. The Hall–Kier alpha value is -8.00. The zero-order valence-electron chi connectivity index (χ0n) is 36.6. The standard InChI is InChI=1S/C64H47N/c1-63(2)58-27-15-12-25-54(58)56-40-34-47(42-60(56)63)44-30-36-51(37-31-44)65(62-29-17-14-24-53(62)46-18-6-3-7-19-46)52-38-32-45(33-39-52)48-35-41-57-55-26-13-16-28-59(55)64(61(57)43-48,49-20-8-4-9-21-49)50-22-10-5-11-23-50/h3-43H,1-2H3. The van der Waals surface area contributed by atoms with Crippen molar-refractivity contribution in [3.63, 3.8) is 0 Å². The molecule has 1 nitrogen and oxygen atoms in total. The van der Waals surface area contributed by atoms with Gasteiger partial charge in [0, 0.05) is 22.4 Å². The lowest BCUT2D eigenvalue weighted by Crippen LogP contribution is -2.28. The van der Waals surface area contributed by atoms with Crippen LogP contribution in [0.5, 0.6) is 0 Å². The molecule has 0 fully saturated rings. The third-order valence-electron chi connectivity index (χ3n) is 14.2. The van der Waals surface area contributed by atoms with Crippen molar-refractivity contribution in [2.45, 2.75) is 24.7 Å². The molecular weight excluding hydrogens is 783 g/mol. The van der Waals surface area contributed by atoms with Gasteiger partial charge in [-0.3, -0.25) is 0 Å². The van der Waals surface area contributed by atoms with E-state index in [1.807, 2.05) is 0 Å². The second-order valence-corrected chi connectivity index (χ2v) is 18.0. The van der Waals surface area contributed by atoms with Crippen LogP contribution >= 0.6 is 0 Å². The fourth-order valence-corrected chi connectivity index (χ4v) is 11.1. The van der Waals surface area contributed by atoms with Crippen LogP contribution in [0.4, 0.5) is 17.1 Å². The molecule has 0 aliphatic heterocycles. The zero-order chi connectivity index (χ0) is 43.5. The summed E-state index contributed by atoms with van der Waals surface area (Å²) in [7, 11) is 0. The number of benzene rings is 10. The second-order valence-electron chi connectivity index (χ2n) is 18.0. The molecule has 0 aromatic heterocycles. The molecule has 12 rings (SSSR count). The van der Waals surface area contributed by atoms with E-state index < -0.39 is 5.41 Å². The van der Waals surface area contributed by atoms with Crippen LogP contribution in [0.15, 0.2) is 249 Å². The van der Waals surface area contributed by atoms with Crippen molar-refractivity contribution in [3.8, 4) is 55.6 Å². The van der Waals surface area contributed by atoms with E-state index >= 15 is 0 Å². The first-order valence-electron chi connectivity index (χ1n) is 22.8. The molecule has 2 aliphatic rings. The van der Waals surface area contributed by atoms with Gasteiger partial charge < -0.3 is 4.90 Å². The van der Waals surface area contributed by atoms with Gasteiger partial charge in [-0.25, -0.2) is 0 Å². The van der Waals surface area contributed by atoms with E-state index in [-0.39, 0.29) is 5.41 Å². The Kier molecular flexibility index (Phi) is 9.14. The second kappa shape index (κ2) is 15.4. The number of hydrogen-bond acceptors (Lipinski definition) is 1. The monoisotopic (exact) mass is 829 g/mol. The van der Waals surface area contributed by atoms with Crippen LogP contribution in [0.3, 0.4) is 0 Å². The van der Waals surface area contributed by atoms with Crippen molar-refractivity contribution < 1.29 is 0 Å². The van der Waals surface area contributed by atoms with Gasteiger partial charge in [0.1, 0.15) is 0 Å². The zero-order valence-corrected chi connectivity index (χ0v) is 36.6. The molecule has 0 saturated heterocycles. The van der Waals surface area contributed by atoms with Gasteiger partial charge in [-0.2, -0.15) is 0 Å². The van der Waals surface area contributed by atoms with Crippen molar-refractivity contribution in [1.82, 2.24) is 0 Å². The minimum Gasteiger partial charge on any atom is -0.310 e. The average molecular weight is 830 g/mol. The lowest BCUT2D eigenvalue weighted by Gasteiger charge is -2.34. The molecule has 0 N–H and O–H groups in total. The molecule has 0 spiro atoms. The molecular formula is C64H47N. The Morgan fingerprint density at radius 2 is 0.677 bits per heavy atom. The fraction of sp³-hybridized carbons (Fsp3) is 0.0625. The summed E-state index contributed by atoms with van der Waals surface area (Å²) in [5.41, 5.74) is 23.2. The normalized spacial score (nSPS) is 13.6. The summed E-state index contributed by atoms with van der Waals surface area (Å²) in [4.78, 5) is 2.41. The van der Waals surface area contributed by atoms with Crippen molar-refractivity contribution in [2.75, 3.05) is 4.90 Å². The summed E-state index contributed by atoms with van der Waals surface area (Å²) in [5.74, 6) is 0. The lowest BCUT2D eigenvalue weighted by atomic mass is 9.67. The lowest BCUT2D eigenvalue weighted by molar-refractivity contribution is 0.660. The highest BCUT2D eigenvalue weighted by atomic mass is 15.1. The van der Waals surface area contributed by atoms with Crippen molar-refractivity contribution in [1.29, 1.82) is 0 Å². The van der Waals surface area contributed by atoms with Crippen LogP contribution in [0.25, 0.3) is 55.6 Å². The van der Waals surface area contributed by atoms with Gasteiger partial charge >= 0.3 is 0 Å². The molecule has 1 heteroatoms. The molecule has 0 atom stereocenters. The number of para-hydroxylation sites is 1. The number of anilines is 3. The summed E-state index contributed by atoms with van der Waals surface area (Å²) in [5, 5.41) is 0. The first kappa shape index (κ1) is 38.7. The van der Waals surface area contributed by atoms with E-state index in [1.165, 1.54) is 89.0 Å². The largest absolute Gasteiger partial charge is 0.310 e. The summed E-state index contributed by atoms with van der Waals surface area (Å²) in [6.07, 6.45) is 0. The predicted molar refractivity (Wildman–Crippen MR) is 272 cm³/mol. The maximum atomic E-state index is 2.45. The highest BCUT2D eigenvalue weighted by Gasteiger charge is 2.46. The summed E-state index contributed by atoms with van der Waals surface area (Å²) >= 11 is 0.